The molecule has 3 rings (SSSR count). The van der Waals surface area contributed by atoms with E-state index in [-0.39, 0.29) is 29.4 Å². The van der Waals surface area contributed by atoms with E-state index in [0.717, 1.165) is 5.56 Å². The number of hydrogen-bond donors (Lipinski definition) is 1. The van der Waals surface area contributed by atoms with Crippen molar-refractivity contribution in [2.75, 3.05) is 32.8 Å². The van der Waals surface area contributed by atoms with Crippen LogP contribution < -0.4 is 4.72 Å². The summed E-state index contributed by atoms with van der Waals surface area (Å²) in [5.41, 5.74) is 1.14. The van der Waals surface area contributed by atoms with E-state index >= 15 is 0 Å². The molecule has 33 heavy (non-hydrogen) atoms. The molecular weight excluding hydrogens is 442 g/mol. The molecule has 0 bridgehead atoms. The summed E-state index contributed by atoms with van der Waals surface area (Å²) in [6.07, 6.45) is 0.259. The van der Waals surface area contributed by atoms with Gasteiger partial charge in [-0.2, -0.15) is 0 Å². The van der Waals surface area contributed by atoms with Crippen LogP contribution in [0.4, 0.5) is 4.79 Å². The predicted molar refractivity (Wildman–Crippen MR) is 125 cm³/mol. The van der Waals surface area contributed by atoms with Crippen molar-refractivity contribution < 1.29 is 22.7 Å². The van der Waals surface area contributed by atoms with Gasteiger partial charge >= 0.3 is 6.09 Å². The van der Waals surface area contributed by atoms with E-state index in [0.29, 0.717) is 44.8 Å². The molecule has 1 N–H and O–H groups in total. The Labute approximate surface area is 195 Å². The second-order valence-electron chi connectivity index (χ2n) is 8.44. The Morgan fingerprint density at radius 1 is 0.970 bits per heavy atom. The summed E-state index contributed by atoms with van der Waals surface area (Å²) in [5.74, 6) is -0.00255. The van der Waals surface area contributed by atoms with Crippen molar-refractivity contribution in [1.29, 1.82) is 0 Å². The van der Waals surface area contributed by atoms with Gasteiger partial charge in [0.25, 0.3) is 5.91 Å². The van der Waals surface area contributed by atoms with Gasteiger partial charge in [-0.3, -0.25) is 4.79 Å². The summed E-state index contributed by atoms with van der Waals surface area (Å²) in [6.45, 7) is 6.20. The summed E-state index contributed by atoms with van der Waals surface area (Å²) >= 11 is 0. The molecule has 0 saturated carbocycles. The summed E-state index contributed by atoms with van der Waals surface area (Å²) in [4.78, 5) is 28.6. The first-order valence-corrected chi connectivity index (χ1v) is 12.6. The Kier molecular flexibility index (Phi) is 8.46. The molecule has 8 nitrogen and oxygen atoms in total. The number of carbonyl (C=O) groups is 2. The Morgan fingerprint density at radius 2 is 1.67 bits per heavy atom. The molecule has 178 valence electrons. The molecule has 0 unspecified atom stereocenters. The fraction of sp³-hybridized carbons (Fsp3) is 0.417. The lowest BCUT2D eigenvalue weighted by atomic mass is 10.2. The van der Waals surface area contributed by atoms with Gasteiger partial charge in [0.05, 0.1) is 11.5 Å². The number of benzene rings is 2. The number of sulfonamides is 1. The first kappa shape index (κ1) is 24.7. The zero-order valence-corrected chi connectivity index (χ0v) is 19.9. The number of nitrogens with one attached hydrogen (secondary N) is 1. The lowest BCUT2D eigenvalue weighted by molar-refractivity contribution is 0.0746. The van der Waals surface area contributed by atoms with Gasteiger partial charge in [0.1, 0.15) is 0 Å². The fourth-order valence-electron chi connectivity index (χ4n) is 3.47. The molecule has 1 heterocycles. The normalized spacial score (nSPS) is 14.8. The quantitative estimate of drug-likeness (QED) is 0.667. The number of nitrogens with zero attached hydrogens (tertiary/aromatic N) is 2. The van der Waals surface area contributed by atoms with Crippen molar-refractivity contribution in [1.82, 2.24) is 14.5 Å². The summed E-state index contributed by atoms with van der Waals surface area (Å²) in [5, 5.41) is 0. The molecule has 2 aromatic rings. The van der Waals surface area contributed by atoms with Crippen LogP contribution in [0.2, 0.25) is 0 Å². The van der Waals surface area contributed by atoms with Crippen LogP contribution in [0.5, 0.6) is 0 Å². The SMILES string of the molecule is CC(C)COC(=O)N1CCCN(C(=O)c2cccc(S(=O)(=O)NCc3ccccc3)c2)CC1. The second-order valence-corrected chi connectivity index (χ2v) is 10.2. The molecule has 0 aliphatic carbocycles. The van der Waals surface area contributed by atoms with E-state index in [9.17, 15) is 18.0 Å². The highest BCUT2D eigenvalue weighted by atomic mass is 32.2. The van der Waals surface area contributed by atoms with Crippen LogP contribution in [0.1, 0.15) is 36.2 Å². The van der Waals surface area contributed by atoms with Crippen molar-refractivity contribution in [3.05, 3.63) is 65.7 Å². The first-order chi connectivity index (χ1) is 15.8. The van der Waals surface area contributed by atoms with Gasteiger partial charge < -0.3 is 14.5 Å². The summed E-state index contributed by atoms with van der Waals surface area (Å²) < 4.78 is 33.4. The third-order valence-electron chi connectivity index (χ3n) is 5.28. The summed E-state index contributed by atoms with van der Waals surface area (Å²) in [6, 6.07) is 15.3. The minimum atomic E-state index is -3.78. The standard InChI is InChI=1S/C24H31N3O5S/c1-19(2)18-32-24(29)27-13-7-12-26(14-15-27)23(28)21-10-6-11-22(16-21)33(30,31)25-17-20-8-4-3-5-9-20/h3-6,8-11,16,19,25H,7,12-15,17-18H2,1-2H3. The van der Waals surface area contributed by atoms with Crippen molar-refractivity contribution >= 4 is 22.0 Å². The Hall–Kier alpha value is -2.91. The fourth-order valence-corrected chi connectivity index (χ4v) is 4.53. The molecule has 1 aliphatic heterocycles. The van der Waals surface area contributed by atoms with Gasteiger partial charge in [0.15, 0.2) is 0 Å². The zero-order chi connectivity index (χ0) is 23.8. The van der Waals surface area contributed by atoms with Gasteiger partial charge in [0, 0.05) is 38.3 Å². The highest BCUT2D eigenvalue weighted by Gasteiger charge is 2.25. The van der Waals surface area contributed by atoms with Crippen molar-refractivity contribution in [2.45, 2.75) is 31.7 Å². The van der Waals surface area contributed by atoms with Crippen LogP contribution in [0, 0.1) is 5.92 Å². The predicted octanol–water partition coefficient (Wildman–Crippen LogP) is 3.11. The van der Waals surface area contributed by atoms with Crippen molar-refractivity contribution in [3.8, 4) is 0 Å². The van der Waals surface area contributed by atoms with Crippen LogP contribution in [-0.4, -0.2) is 63.0 Å². The van der Waals surface area contributed by atoms with Crippen LogP contribution >= 0.6 is 0 Å². The highest BCUT2D eigenvalue weighted by Crippen LogP contribution is 2.16. The minimum Gasteiger partial charge on any atom is -0.449 e. The maximum atomic E-state index is 13.1. The van der Waals surface area contributed by atoms with E-state index in [2.05, 4.69) is 4.72 Å². The zero-order valence-electron chi connectivity index (χ0n) is 19.1. The highest BCUT2D eigenvalue weighted by molar-refractivity contribution is 7.89. The molecule has 2 aromatic carbocycles. The molecule has 0 spiro atoms. The molecule has 1 fully saturated rings. The van der Waals surface area contributed by atoms with Gasteiger partial charge in [-0.15, -0.1) is 0 Å². The number of carbonyl (C=O) groups excluding carboxylic acids is 2. The molecule has 0 radical (unpaired) electrons. The molecular formula is C24H31N3O5S. The molecule has 1 saturated heterocycles. The molecule has 0 aromatic heterocycles. The van der Waals surface area contributed by atoms with Gasteiger partial charge in [0.2, 0.25) is 10.0 Å². The van der Waals surface area contributed by atoms with E-state index in [1.165, 1.54) is 12.1 Å². The second kappa shape index (κ2) is 11.3. The maximum Gasteiger partial charge on any atom is 0.409 e. The van der Waals surface area contributed by atoms with Crippen LogP contribution in [0.15, 0.2) is 59.5 Å². The Bertz CT molecular complexity index is 1060. The van der Waals surface area contributed by atoms with Crippen LogP contribution in [0.25, 0.3) is 0 Å². The van der Waals surface area contributed by atoms with Crippen LogP contribution in [0.3, 0.4) is 0 Å². The Balaban J connectivity index is 1.63. The number of amides is 2. The monoisotopic (exact) mass is 473 g/mol. The topological polar surface area (TPSA) is 96.0 Å². The average Bonchev–Trinajstić information content (AvgIpc) is 3.08. The lowest BCUT2D eigenvalue weighted by Gasteiger charge is -2.22. The van der Waals surface area contributed by atoms with Crippen LogP contribution in [-0.2, 0) is 21.3 Å². The number of rotatable bonds is 7. The largest absolute Gasteiger partial charge is 0.449 e. The Morgan fingerprint density at radius 3 is 2.39 bits per heavy atom. The summed E-state index contributed by atoms with van der Waals surface area (Å²) in [7, 11) is -3.78. The van der Waals surface area contributed by atoms with E-state index in [1.54, 1.807) is 21.9 Å². The van der Waals surface area contributed by atoms with Crippen molar-refractivity contribution in [3.63, 3.8) is 0 Å². The molecule has 9 heteroatoms. The van der Waals surface area contributed by atoms with Gasteiger partial charge in [-0.25, -0.2) is 17.9 Å². The first-order valence-electron chi connectivity index (χ1n) is 11.1. The number of ether oxygens (including phenoxy) is 1. The lowest BCUT2D eigenvalue weighted by Crippen LogP contribution is -2.38. The third kappa shape index (κ3) is 7.03. The maximum absolute atomic E-state index is 13.1. The van der Waals surface area contributed by atoms with E-state index in [4.69, 9.17) is 4.74 Å². The minimum absolute atomic E-state index is 0.0398. The van der Waals surface area contributed by atoms with Crippen molar-refractivity contribution in [2.24, 2.45) is 5.92 Å². The van der Waals surface area contributed by atoms with Gasteiger partial charge in [-0.1, -0.05) is 50.2 Å². The molecule has 1 aliphatic rings. The van der Waals surface area contributed by atoms with Gasteiger partial charge in [-0.05, 0) is 36.1 Å². The third-order valence-corrected chi connectivity index (χ3v) is 6.68. The smallest absolute Gasteiger partial charge is 0.409 e. The van der Waals surface area contributed by atoms with E-state index in [1.807, 2.05) is 44.2 Å². The number of hydrogen-bond acceptors (Lipinski definition) is 5. The molecule has 2 amide bonds. The van der Waals surface area contributed by atoms with E-state index < -0.39 is 10.0 Å². The molecule has 0 atom stereocenters. The average molecular weight is 474 g/mol.